The molecule has 0 fully saturated rings. The fourth-order valence-corrected chi connectivity index (χ4v) is 3.89. The number of rotatable bonds is 6. The third kappa shape index (κ3) is 4.67. The van der Waals surface area contributed by atoms with Crippen molar-refractivity contribution in [3.05, 3.63) is 70.9 Å². The monoisotopic (exact) mass is 415 g/mol. The van der Waals surface area contributed by atoms with Gasteiger partial charge in [-0.05, 0) is 61.2 Å². The van der Waals surface area contributed by atoms with E-state index in [1.807, 2.05) is 24.3 Å². The maximum Gasteiger partial charge on any atom is 0.416 e. The first-order valence-corrected chi connectivity index (χ1v) is 10.1. The van der Waals surface area contributed by atoms with E-state index >= 15 is 0 Å². The first-order chi connectivity index (χ1) is 14.4. The number of alkyl halides is 3. The summed E-state index contributed by atoms with van der Waals surface area (Å²) < 4.78 is 45.3. The van der Waals surface area contributed by atoms with Gasteiger partial charge in [-0.3, -0.25) is 4.90 Å². The topological polar surface area (TPSA) is 37.4 Å². The largest absolute Gasteiger partial charge is 0.478 e. The van der Waals surface area contributed by atoms with Gasteiger partial charge in [0.25, 0.3) is 0 Å². The van der Waals surface area contributed by atoms with Gasteiger partial charge in [-0.1, -0.05) is 18.7 Å². The maximum atomic E-state index is 13.2. The minimum atomic E-state index is -4.28. The number of hydrogen-bond acceptors (Lipinski definition) is 4. The van der Waals surface area contributed by atoms with E-state index in [4.69, 9.17) is 4.74 Å². The molecule has 2 aliphatic rings. The molecule has 0 saturated heterocycles. The Morgan fingerprint density at radius 3 is 2.83 bits per heavy atom. The Balaban J connectivity index is 1.23. The molecule has 2 aliphatic heterocycles. The molecule has 0 unspecified atom stereocenters. The molecule has 2 aromatic rings. The zero-order valence-electron chi connectivity index (χ0n) is 16.6. The Bertz CT molecular complexity index is 969. The van der Waals surface area contributed by atoms with Gasteiger partial charge in [0.1, 0.15) is 5.82 Å². The standard InChI is InChI=1S/C23H24F3N3O/c1-16-7-8-17-9-10-21(28-22(17)27-16)30-14-3-2-12-29-13-11-19-18(15-29)5-4-6-20(19)23(24,25)26/h4-10H,1-3,11-15H2,(H,27,28). The second-order valence-electron chi connectivity index (χ2n) is 7.59. The predicted molar refractivity (Wildman–Crippen MR) is 111 cm³/mol. The van der Waals surface area contributed by atoms with Crippen molar-refractivity contribution in [2.24, 2.45) is 0 Å². The van der Waals surface area contributed by atoms with E-state index in [9.17, 15) is 13.2 Å². The number of unbranched alkanes of at least 4 members (excludes halogenated alkanes) is 1. The molecule has 7 heteroatoms. The van der Waals surface area contributed by atoms with Crippen LogP contribution in [0.4, 0.5) is 19.0 Å². The lowest BCUT2D eigenvalue weighted by Crippen LogP contribution is -2.32. The fourth-order valence-electron chi connectivity index (χ4n) is 3.89. The molecule has 0 saturated carbocycles. The molecule has 1 aromatic carbocycles. The van der Waals surface area contributed by atoms with Gasteiger partial charge in [0.15, 0.2) is 0 Å². The summed E-state index contributed by atoms with van der Waals surface area (Å²) in [5.74, 6) is 1.31. The van der Waals surface area contributed by atoms with Crippen molar-refractivity contribution < 1.29 is 17.9 Å². The smallest absolute Gasteiger partial charge is 0.416 e. The third-order valence-electron chi connectivity index (χ3n) is 5.41. The van der Waals surface area contributed by atoms with Crippen LogP contribution in [0.5, 0.6) is 5.88 Å². The fraction of sp³-hybridized carbons (Fsp3) is 0.348. The van der Waals surface area contributed by atoms with Crippen LogP contribution in [0, 0.1) is 0 Å². The van der Waals surface area contributed by atoms with Crippen LogP contribution in [-0.2, 0) is 19.1 Å². The average Bonchev–Trinajstić information content (AvgIpc) is 2.72. The second-order valence-corrected chi connectivity index (χ2v) is 7.59. The molecule has 4 nitrogen and oxygen atoms in total. The number of ether oxygens (including phenoxy) is 1. The summed E-state index contributed by atoms with van der Waals surface area (Å²) in [6.07, 6.45) is 1.77. The van der Waals surface area contributed by atoms with E-state index in [0.717, 1.165) is 42.0 Å². The lowest BCUT2D eigenvalue weighted by atomic mass is 9.94. The van der Waals surface area contributed by atoms with Gasteiger partial charge in [0.2, 0.25) is 5.88 Å². The van der Waals surface area contributed by atoms with Crippen LogP contribution >= 0.6 is 0 Å². The molecule has 0 aliphatic carbocycles. The van der Waals surface area contributed by atoms with Crippen LogP contribution in [0.25, 0.3) is 6.08 Å². The van der Waals surface area contributed by atoms with E-state index < -0.39 is 11.7 Å². The molecule has 0 spiro atoms. The Kier molecular flexibility index (Phi) is 5.81. The second kappa shape index (κ2) is 8.52. The maximum absolute atomic E-state index is 13.2. The highest BCUT2D eigenvalue weighted by atomic mass is 19.4. The summed E-state index contributed by atoms with van der Waals surface area (Å²) in [4.78, 5) is 6.67. The Morgan fingerprint density at radius 2 is 2.00 bits per heavy atom. The molecule has 0 bridgehead atoms. The van der Waals surface area contributed by atoms with Crippen LogP contribution in [0.2, 0.25) is 0 Å². The highest BCUT2D eigenvalue weighted by Crippen LogP contribution is 2.35. The molecule has 1 N–H and O–H groups in total. The molecule has 0 radical (unpaired) electrons. The van der Waals surface area contributed by atoms with E-state index in [-0.39, 0.29) is 0 Å². The van der Waals surface area contributed by atoms with Crippen molar-refractivity contribution in [1.82, 2.24) is 9.88 Å². The zero-order valence-corrected chi connectivity index (χ0v) is 16.6. The molecule has 0 atom stereocenters. The summed E-state index contributed by atoms with van der Waals surface area (Å²) in [7, 11) is 0. The number of hydrogen-bond donors (Lipinski definition) is 1. The Labute approximate surface area is 174 Å². The molecule has 158 valence electrons. The van der Waals surface area contributed by atoms with Crippen molar-refractivity contribution in [2.45, 2.75) is 32.0 Å². The molecular weight excluding hydrogens is 391 g/mol. The first kappa shape index (κ1) is 20.5. The van der Waals surface area contributed by atoms with Crippen molar-refractivity contribution in [3.63, 3.8) is 0 Å². The quantitative estimate of drug-likeness (QED) is 0.653. The van der Waals surface area contributed by atoms with E-state index in [1.165, 1.54) is 12.1 Å². The van der Waals surface area contributed by atoms with Crippen LogP contribution in [-0.4, -0.2) is 29.6 Å². The number of nitrogens with one attached hydrogen (secondary N) is 1. The van der Waals surface area contributed by atoms with E-state index in [2.05, 4.69) is 21.8 Å². The van der Waals surface area contributed by atoms with Gasteiger partial charge < -0.3 is 10.1 Å². The van der Waals surface area contributed by atoms with Gasteiger partial charge in [0, 0.05) is 30.4 Å². The van der Waals surface area contributed by atoms with Crippen molar-refractivity contribution in [1.29, 1.82) is 0 Å². The summed E-state index contributed by atoms with van der Waals surface area (Å²) in [6, 6.07) is 8.29. The Hall–Kier alpha value is -2.80. The predicted octanol–water partition coefficient (Wildman–Crippen LogP) is 5.27. The van der Waals surface area contributed by atoms with Crippen LogP contribution in [0.15, 0.2) is 48.7 Å². The molecule has 0 amide bonds. The van der Waals surface area contributed by atoms with E-state index in [1.54, 1.807) is 6.07 Å². The number of allylic oxidation sites excluding steroid dienone is 1. The molecule has 30 heavy (non-hydrogen) atoms. The lowest BCUT2D eigenvalue weighted by Gasteiger charge is -2.30. The van der Waals surface area contributed by atoms with Gasteiger partial charge in [-0.25, -0.2) is 0 Å². The van der Waals surface area contributed by atoms with Gasteiger partial charge >= 0.3 is 6.18 Å². The molecule has 1 aromatic heterocycles. The minimum absolute atomic E-state index is 0.438. The normalized spacial score (nSPS) is 16.0. The number of benzene rings is 1. The molecular formula is C23H24F3N3O. The van der Waals surface area contributed by atoms with Gasteiger partial charge in [-0.2, -0.15) is 18.2 Å². The minimum Gasteiger partial charge on any atom is -0.478 e. The van der Waals surface area contributed by atoms with Crippen molar-refractivity contribution in [2.75, 3.05) is 25.0 Å². The molecule has 4 rings (SSSR count). The van der Waals surface area contributed by atoms with Crippen molar-refractivity contribution in [3.8, 4) is 5.88 Å². The van der Waals surface area contributed by atoms with Crippen LogP contribution < -0.4 is 10.1 Å². The number of anilines is 1. The summed E-state index contributed by atoms with van der Waals surface area (Å²) >= 11 is 0. The summed E-state index contributed by atoms with van der Waals surface area (Å²) in [5, 5.41) is 3.12. The zero-order chi connectivity index (χ0) is 21.1. The van der Waals surface area contributed by atoms with Gasteiger partial charge in [-0.15, -0.1) is 0 Å². The number of fused-ring (bicyclic) bond motifs is 2. The SMILES string of the molecule is C=C1C=Cc2ccc(OCCCCN3CCc4c(cccc4C(F)(F)F)C3)nc2N1. The first-order valence-electron chi connectivity index (χ1n) is 10.1. The summed E-state index contributed by atoms with van der Waals surface area (Å²) in [6.45, 7) is 6.46. The lowest BCUT2D eigenvalue weighted by molar-refractivity contribution is -0.138. The number of aromatic nitrogens is 1. The molecule has 3 heterocycles. The highest BCUT2D eigenvalue weighted by molar-refractivity contribution is 5.71. The number of pyridine rings is 1. The highest BCUT2D eigenvalue weighted by Gasteiger charge is 2.35. The number of halogens is 3. The van der Waals surface area contributed by atoms with Crippen LogP contribution in [0.1, 0.15) is 35.1 Å². The third-order valence-corrected chi connectivity index (χ3v) is 5.41. The van der Waals surface area contributed by atoms with E-state index in [0.29, 0.717) is 37.6 Å². The Morgan fingerprint density at radius 1 is 1.13 bits per heavy atom. The summed E-state index contributed by atoms with van der Waals surface area (Å²) in [5.41, 5.74) is 2.54. The average molecular weight is 415 g/mol. The van der Waals surface area contributed by atoms with Crippen LogP contribution in [0.3, 0.4) is 0 Å². The van der Waals surface area contributed by atoms with Crippen molar-refractivity contribution >= 4 is 11.9 Å². The van der Waals surface area contributed by atoms with Gasteiger partial charge in [0.05, 0.1) is 12.2 Å². The number of nitrogens with zero attached hydrogens (tertiary/aromatic N) is 2.